The van der Waals surface area contributed by atoms with Crippen molar-refractivity contribution in [3.63, 3.8) is 0 Å². The van der Waals surface area contributed by atoms with Crippen molar-refractivity contribution in [2.75, 3.05) is 19.6 Å². The predicted molar refractivity (Wildman–Crippen MR) is 115 cm³/mol. The number of hydrogen-bond acceptors (Lipinski definition) is 4. The molecule has 1 heterocycles. The van der Waals surface area contributed by atoms with Crippen LogP contribution in [0.5, 0.6) is 0 Å². The first-order valence-electron chi connectivity index (χ1n) is 10.8. The largest absolute Gasteiger partial charge is 0.441 e. The third kappa shape index (κ3) is 4.62. The number of benzene rings is 2. The first kappa shape index (κ1) is 19.9. The molecule has 5 heteroatoms. The van der Waals surface area contributed by atoms with Crippen LogP contribution in [-0.2, 0) is 17.8 Å². The molecule has 29 heavy (non-hydrogen) atoms. The van der Waals surface area contributed by atoms with Gasteiger partial charge in [0.15, 0.2) is 0 Å². The van der Waals surface area contributed by atoms with Crippen LogP contribution in [0, 0.1) is 0 Å². The molecule has 0 radical (unpaired) electrons. The topological polar surface area (TPSA) is 67.6 Å². The fraction of sp³-hybridized carbons (Fsp3) is 0.458. The van der Waals surface area contributed by atoms with E-state index in [1.165, 1.54) is 23.1 Å². The van der Waals surface area contributed by atoms with Crippen LogP contribution in [0.25, 0.3) is 11.1 Å². The van der Waals surface area contributed by atoms with Crippen LogP contribution < -0.4 is 11.1 Å². The molecule has 2 aromatic carbocycles. The first-order chi connectivity index (χ1) is 14.2. The SMILES string of the molecule is NCCNCc1ccccc1-c1ccc(CN2CC3(CCCCC3)OC2=O)cc1. The van der Waals surface area contributed by atoms with E-state index < -0.39 is 0 Å². The Bertz CT molecular complexity index is 828. The van der Waals surface area contributed by atoms with Crippen LogP contribution in [0.15, 0.2) is 48.5 Å². The lowest BCUT2D eigenvalue weighted by Crippen LogP contribution is -2.36. The van der Waals surface area contributed by atoms with Crippen molar-refractivity contribution in [1.29, 1.82) is 0 Å². The second-order valence-electron chi connectivity index (χ2n) is 8.29. The van der Waals surface area contributed by atoms with Crippen molar-refractivity contribution < 1.29 is 9.53 Å². The molecule has 2 aliphatic rings. The molecule has 1 aliphatic heterocycles. The highest BCUT2D eigenvalue weighted by Crippen LogP contribution is 2.37. The summed E-state index contributed by atoms with van der Waals surface area (Å²) in [4.78, 5) is 14.3. The Morgan fingerprint density at radius 2 is 1.79 bits per heavy atom. The molecule has 2 aromatic rings. The van der Waals surface area contributed by atoms with Gasteiger partial charge in [0.25, 0.3) is 0 Å². The maximum absolute atomic E-state index is 12.4. The summed E-state index contributed by atoms with van der Waals surface area (Å²) in [5.41, 5.74) is 10.2. The predicted octanol–water partition coefficient (Wildman–Crippen LogP) is 4.06. The lowest BCUT2D eigenvalue weighted by atomic mass is 9.85. The summed E-state index contributed by atoms with van der Waals surface area (Å²) >= 11 is 0. The summed E-state index contributed by atoms with van der Waals surface area (Å²) in [6.07, 6.45) is 5.42. The second kappa shape index (κ2) is 8.97. The zero-order chi connectivity index (χ0) is 20.1. The summed E-state index contributed by atoms with van der Waals surface area (Å²) in [7, 11) is 0. The number of nitrogens with two attached hydrogens (primary N) is 1. The Hall–Kier alpha value is -2.37. The average molecular weight is 394 g/mol. The van der Waals surface area contributed by atoms with Gasteiger partial charge in [0, 0.05) is 26.2 Å². The summed E-state index contributed by atoms with van der Waals surface area (Å²) in [6, 6.07) is 17.0. The van der Waals surface area contributed by atoms with Gasteiger partial charge in [-0.05, 0) is 47.9 Å². The van der Waals surface area contributed by atoms with Gasteiger partial charge in [-0.1, -0.05) is 55.0 Å². The molecule has 0 unspecified atom stereocenters. The fourth-order valence-corrected chi connectivity index (χ4v) is 4.56. The maximum atomic E-state index is 12.4. The minimum atomic E-state index is -0.231. The highest BCUT2D eigenvalue weighted by atomic mass is 16.6. The van der Waals surface area contributed by atoms with Gasteiger partial charge >= 0.3 is 6.09 Å². The van der Waals surface area contributed by atoms with E-state index in [1.54, 1.807) is 0 Å². The van der Waals surface area contributed by atoms with Crippen molar-refractivity contribution in [3.05, 3.63) is 59.7 Å². The molecular weight excluding hydrogens is 362 g/mol. The van der Waals surface area contributed by atoms with Gasteiger partial charge in [-0.25, -0.2) is 4.79 Å². The maximum Gasteiger partial charge on any atom is 0.410 e. The number of nitrogens with one attached hydrogen (secondary N) is 1. The zero-order valence-electron chi connectivity index (χ0n) is 17.0. The highest BCUT2D eigenvalue weighted by Gasteiger charge is 2.45. The molecule has 4 rings (SSSR count). The van der Waals surface area contributed by atoms with E-state index in [2.05, 4.69) is 53.8 Å². The van der Waals surface area contributed by atoms with Gasteiger partial charge in [0.1, 0.15) is 5.60 Å². The Morgan fingerprint density at radius 3 is 2.55 bits per heavy atom. The summed E-state index contributed by atoms with van der Waals surface area (Å²) < 4.78 is 5.80. The van der Waals surface area contributed by atoms with Gasteiger partial charge in [-0.15, -0.1) is 0 Å². The van der Waals surface area contributed by atoms with Gasteiger partial charge < -0.3 is 15.8 Å². The van der Waals surface area contributed by atoms with Crippen molar-refractivity contribution in [1.82, 2.24) is 10.2 Å². The normalized spacial score (nSPS) is 18.2. The number of rotatable bonds is 7. The van der Waals surface area contributed by atoms with Crippen molar-refractivity contribution in [2.24, 2.45) is 5.73 Å². The Labute approximate surface area is 173 Å². The van der Waals surface area contributed by atoms with Gasteiger partial charge in [-0.2, -0.15) is 0 Å². The van der Waals surface area contributed by atoms with Crippen LogP contribution in [0.3, 0.4) is 0 Å². The smallest absolute Gasteiger partial charge is 0.410 e. The standard InChI is InChI=1S/C24H31N3O2/c25-14-15-26-16-21-6-2-3-7-22(21)20-10-8-19(9-11-20)17-27-18-24(29-23(27)28)12-4-1-5-13-24/h2-3,6-11,26H,1,4-5,12-18,25H2. The van der Waals surface area contributed by atoms with E-state index in [0.29, 0.717) is 13.1 Å². The molecule has 3 N–H and O–H groups in total. The number of hydrogen-bond donors (Lipinski definition) is 2. The van der Waals surface area contributed by atoms with E-state index in [0.717, 1.165) is 50.9 Å². The number of nitrogens with zero attached hydrogens (tertiary/aromatic N) is 1. The second-order valence-corrected chi connectivity index (χ2v) is 8.29. The zero-order valence-corrected chi connectivity index (χ0v) is 17.0. The molecular formula is C24H31N3O2. The third-order valence-electron chi connectivity index (χ3n) is 6.10. The summed E-state index contributed by atoms with van der Waals surface area (Å²) in [5, 5.41) is 3.37. The van der Waals surface area contributed by atoms with Gasteiger partial charge in [0.05, 0.1) is 6.54 Å². The molecule has 0 bridgehead atoms. The van der Waals surface area contributed by atoms with Crippen molar-refractivity contribution in [3.8, 4) is 11.1 Å². The molecule has 1 aliphatic carbocycles. The van der Waals surface area contributed by atoms with E-state index >= 15 is 0 Å². The molecule has 1 spiro atoms. The highest BCUT2D eigenvalue weighted by molar-refractivity contribution is 5.71. The third-order valence-corrected chi connectivity index (χ3v) is 6.10. The van der Waals surface area contributed by atoms with E-state index in [4.69, 9.17) is 10.5 Å². The molecule has 1 amide bonds. The number of carbonyl (C=O) groups is 1. The molecule has 0 atom stereocenters. The van der Waals surface area contributed by atoms with E-state index in [1.807, 2.05) is 4.90 Å². The molecule has 5 nitrogen and oxygen atoms in total. The van der Waals surface area contributed by atoms with Crippen LogP contribution in [0.4, 0.5) is 4.79 Å². The van der Waals surface area contributed by atoms with Crippen molar-refractivity contribution in [2.45, 2.75) is 50.8 Å². The average Bonchev–Trinajstić information content (AvgIpc) is 3.04. The molecule has 1 saturated carbocycles. The first-order valence-corrected chi connectivity index (χ1v) is 10.8. The fourth-order valence-electron chi connectivity index (χ4n) is 4.56. The number of carbonyl (C=O) groups excluding carboxylic acids is 1. The summed E-state index contributed by atoms with van der Waals surface area (Å²) in [5.74, 6) is 0. The van der Waals surface area contributed by atoms with Crippen molar-refractivity contribution >= 4 is 6.09 Å². The minimum absolute atomic E-state index is 0.160. The van der Waals surface area contributed by atoms with E-state index in [9.17, 15) is 4.79 Å². The Morgan fingerprint density at radius 1 is 1.03 bits per heavy atom. The quantitative estimate of drug-likeness (QED) is 0.696. The number of amides is 1. The molecule has 1 saturated heterocycles. The Kier molecular flexibility index (Phi) is 6.16. The molecule has 0 aromatic heterocycles. The monoisotopic (exact) mass is 393 g/mol. The summed E-state index contributed by atoms with van der Waals surface area (Å²) in [6.45, 7) is 3.58. The van der Waals surface area contributed by atoms with Gasteiger partial charge in [-0.3, -0.25) is 4.90 Å². The Balaban J connectivity index is 1.43. The molecule has 2 fully saturated rings. The van der Waals surface area contributed by atoms with Crippen LogP contribution >= 0.6 is 0 Å². The minimum Gasteiger partial charge on any atom is -0.441 e. The van der Waals surface area contributed by atoms with Crippen LogP contribution in [0.1, 0.15) is 43.2 Å². The number of ether oxygens (including phenoxy) is 1. The van der Waals surface area contributed by atoms with E-state index in [-0.39, 0.29) is 11.7 Å². The van der Waals surface area contributed by atoms with Crippen LogP contribution in [-0.4, -0.2) is 36.2 Å². The van der Waals surface area contributed by atoms with Gasteiger partial charge in [0.2, 0.25) is 0 Å². The van der Waals surface area contributed by atoms with Crippen LogP contribution in [0.2, 0.25) is 0 Å². The lowest BCUT2D eigenvalue weighted by Gasteiger charge is -2.30. The lowest BCUT2D eigenvalue weighted by molar-refractivity contribution is 0.0260. The molecule has 154 valence electrons.